The van der Waals surface area contributed by atoms with Crippen LogP contribution < -0.4 is 5.32 Å². The van der Waals surface area contributed by atoms with Crippen molar-refractivity contribution >= 4 is 23.5 Å². The summed E-state index contributed by atoms with van der Waals surface area (Å²) in [5.41, 5.74) is -0.672. The number of esters is 1. The predicted octanol–water partition coefficient (Wildman–Crippen LogP) is 1.12. The molecule has 0 saturated carbocycles. The highest BCUT2D eigenvalue weighted by Gasteiger charge is 2.22. The van der Waals surface area contributed by atoms with Crippen molar-refractivity contribution in [2.75, 3.05) is 20.2 Å². The lowest BCUT2D eigenvalue weighted by Gasteiger charge is -2.16. The van der Waals surface area contributed by atoms with Gasteiger partial charge in [-0.05, 0) is 18.2 Å². The zero-order valence-electron chi connectivity index (χ0n) is 14.4. The highest BCUT2D eigenvalue weighted by atomic mass is 16.6. The number of carbonyl (C=O) groups excluding carboxylic acids is 3. The highest BCUT2D eigenvalue weighted by Crippen LogP contribution is 2.18. The summed E-state index contributed by atoms with van der Waals surface area (Å²) >= 11 is 0. The number of ether oxygens (including phenoxy) is 1. The van der Waals surface area contributed by atoms with Gasteiger partial charge in [0.15, 0.2) is 6.61 Å². The summed E-state index contributed by atoms with van der Waals surface area (Å²) in [5, 5.41) is 13.5. The van der Waals surface area contributed by atoms with Gasteiger partial charge in [-0.2, -0.15) is 0 Å². The third kappa shape index (κ3) is 5.66. The van der Waals surface area contributed by atoms with Crippen LogP contribution in [0.3, 0.4) is 0 Å². The monoisotopic (exact) mass is 375 g/mol. The van der Waals surface area contributed by atoms with Crippen LogP contribution in [0.5, 0.6) is 0 Å². The third-order valence-corrected chi connectivity index (χ3v) is 3.49. The SMILES string of the molecule is CN(CC(=O)NCc1ccco1)C(=O)COC(=O)c1ccccc1[N+](=O)[O-]. The van der Waals surface area contributed by atoms with Crippen molar-refractivity contribution in [3.63, 3.8) is 0 Å². The number of nitrogens with one attached hydrogen (secondary N) is 1. The summed E-state index contributed by atoms with van der Waals surface area (Å²) in [6, 6.07) is 8.63. The average molecular weight is 375 g/mol. The van der Waals surface area contributed by atoms with Crippen molar-refractivity contribution < 1.29 is 28.5 Å². The van der Waals surface area contributed by atoms with Crippen LogP contribution >= 0.6 is 0 Å². The molecule has 142 valence electrons. The molecular weight excluding hydrogens is 358 g/mol. The molecular formula is C17H17N3O7. The fraction of sp³-hybridized carbons (Fsp3) is 0.235. The quantitative estimate of drug-likeness (QED) is 0.415. The zero-order chi connectivity index (χ0) is 19.8. The summed E-state index contributed by atoms with van der Waals surface area (Å²) in [5.74, 6) is -1.48. The molecule has 0 unspecified atom stereocenters. The summed E-state index contributed by atoms with van der Waals surface area (Å²) in [6.45, 7) is -0.712. The Balaban J connectivity index is 1.81. The second-order valence-corrected chi connectivity index (χ2v) is 5.46. The van der Waals surface area contributed by atoms with E-state index in [1.54, 1.807) is 12.1 Å². The van der Waals surface area contributed by atoms with Gasteiger partial charge in [-0.25, -0.2) is 4.79 Å². The number of nitrogens with zero attached hydrogens (tertiary/aromatic N) is 2. The second-order valence-electron chi connectivity index (χ2n) is 5.46. The second kappa shape index (κ2) is 9.13. The number of nitro groups is 1. The first-order valence-corrected chi connectivity index (χ1v) is 7.82. The van der Waals surface area contributed by atoms with Crippen LogP contribution in [0.4, 0.5) is 5.69 Å². The Morgan fingerprint density at radius 3 is 2.63 bits per heavy atom. The Morgan fingerprint density at radius 1 is 1.22 bits per heavy atom. The summed E-state index contributed by atoms with van der Waals surface area (Å²) < 4.78 is 9.89. The van der Waals surface area contributed by atoms with Crippen LogP contribution in [0.2, 0.25) is 0 Å². The number of para-hydroxylation sites is 1. The molecule has 0 aliphatic heterocycles. The number of hydrogen-bond donors (Lipinski definition) is 1. The molecule has 0 spiro atoms. The van der Waals surface area contributed by atoms with Gasteiger partial charge in [0, 0.05) is 13.1 Å². The van der Waals surface area contributed by atoms with Gasteiger partial charge in [0.25, 0.3) is 11.6 Å². The maximum Gasteiger partial charge on any atom is 0.345 e. The van der Waals surface area contributed by atoms with E-state index in [2.05, 4.69) is 5.32 Å². The van der Waals surface area contributed by atoms with Crippen LogP contribution in [-0.4, -0.2) is 47.8 Å². The van der Waals surface area contributed by atoms with Gasteiger partial charge >= 0.3 is 5.97 Å². The number of hydrogen-bond acceptors (Lipinski definition) is 7. The Morgan fingerprint density at radius 2 is 1.96 bits per heavy atom. The molecule has 1 aromatic carbocycles. The Bertz CT molecular complexity index is 833. The van der Waals surface area contributed by atoms with Crippen LogP contribution in [0.15, 0.2) is 47.1 Å². The van der Waals surface area contributed by atoms with Crippen molar-refractivity contribution in [1.29, 1.82) is 0 Å². The number of nitro benzene ring substituents is 1. The predicted molar refractivity (Wildman–Crippen MR) is 91.6 cm³/mol. The van der Waals surface area contributed by atoms with Gasteiger partial charge in [-0.15, -0.1) is 0 Å². The minimum atomic E-state index is -0.994. The van der Waals surface area contributed by atoms with Gasteiger partial charge in [0.2, 0.25) is 5.91 Å². The number of rotatable bonds is 8. The number of likely N-dealkylation sites (N-methyl/N-ethyl adjacent to an activating group) is 1. The molecule has 0 atom stereocenters. The number of carbonyl (C=O) groups is 3. The minimum Gasteiger partial charge on any atom is -0.467 e. The fourth-order valence-corrected chi connectivity index (χ4v) is 2.08. The molecule has 0 saturated heterocycles. The first kappa shape index (κ1) is 19.6. The van der Waals surface area contributed by atoms with Gasteiger partial charge in [-0.1, -0.05) is 12.1 Å². The smallest absolute Gasteiger partial charge is 0.345 e. The summed E-state index contributed by atoms with van der Waals surface area (Å²) in [4.78, 5) is 47.0. The Hall–Kier alpha value is -3.69. The maximum absolute atomic E-state index is 12.0. The fourth-order valence-electron chi connectivity index (χ4n) is 2.08. The molecule has 1 heterocycles. The lowest BCUT2D eigenvalue weighted by molar-refractivity contribution is -0.385. The molecule has 0 bridgehead atoms. The van der Waals surface area contributed by atoms with Crippen molar-refractivity contribution in [3.8, 4) is 0 Å². The first-order valence-electron chi connectivity index (χ1n) is 7.82. The van der Waals surface area contributed by atoms with E-state index in [1.807, 2.05) is 0 Å². The molecule has 2 aromatic rings. The molecule has 1 aromatic heterocycles. The van der Waals surface area contributed by atoms with E-state index in [4.69, 9.17) is 9.15 Å². The molecule has 27 heavy (non-hydrogen) atoms. The lowest BCUT2D eigenvalue weighted by atomic mass is 10.2. The highest BCUT2D eigenvalue weighted by molar-refractivity contribution is 5.95. The van der Waals surface area contributed by atoms with E-state index >= 15 is 0 Å². The standard InChI is InChI=1S/C17H17N3O7/c1-19(10-15(21)18-9-12-5-4-8-26-12)16(22)11-27-17(23)13-6-2-3-7-14(13)20(24)25/h2-8H,9-11H2,1H3,(H,18,21). The number of furan rings is 1. The molecule has 0 fully saturated rings. The van der Waals surface area contributed by atoms with E-state index < -0.39 is 35.0 Å². The zero-order valence-corrected chi connectivity index (χ0v) is 14.4. The summed E-state index contributed by atoms with van der Waals surface area (Å²) in [6.07, 6.45) is 1.47. The minimum absolute atomic E-state index is 0.181. The number of amides is 2. The normalized spacial score (nSPS) is 10.1. The third-order valence-electron chi connectivity index (χ3n) is 3.49. The maximum atomic E-state index is 12.0. The van der Waals surface area contributed by atoms with E-state index in [0.717, 1.165) is 11.0 Å². The lowest BCUT2D eigenvalue weighted by Crippen LogP contribution is -2.39. The number of benzene rings is 1. The van der Waals surface area contributed by atoms with Crippen LogP contribution in [0.25, 0.3) is 0 Å². The molecule has 10 nitrogen and oxygen atoms in total. The van der Waals surface area contributed by atoms with Gasteiger partial charge in [-0.3, -0.25) is 19.7 Å². The van der Waals surface area contributed by atoms with Crippen molar-refractivity contribution in [1.82, 2.24) is 10.2 Å². The topological polar surface area (TPSA) is 132 Å². The van der Waals surface area contributed by atoms with Crippen LogP contribution in [0.1, 0.15) is 16.1 Å². The van der Waals surface area contributed by atoms with Gasteiger partial charge in [0.05, 0.1) is 24.3 Å². The van der Waals surface area contributed by atoms with Crippen molar-refractivity contribution in [2.45, 2.75) is 6.54 Å². The molecule has 2 amide bonds. The average Bonchev–Trinajstić information content (AvgIpc) is 3.17. The molecule has 0 aliphatic carbocycles. The first-order chi connectivity index (χ1) is 12.9. The molecule has 2 rings (SSSR count). The van der Waals surface area contributed by atoms with E-state index in [0.29, 0.717) is 5.76 Å². The van der Waals surface area contributed by atoms with E-state index in [1.165, 1.54) is 31.5 Å². The van der Waals surface area contributed by atoms with Crippen molar-refractivity contribution in [2.24, 2.45) is 0 Å². The summed E-state index contributed by atoms with van der Waals surface area (Å²) in [7, 11) is 1.37. The van der Waals surface area contributed by atoms with Crippen LogP contribution in [0, 0.1) is 10.1 Å². The van der Waals surface area contributed by atoms with E-state index in [9.17, 15) is 24.5 Å². The van der Waals surface area contributed by atoms with Gasteiger partial charge in [0.1, 0.15) is 11.3 Å². The molecule has 10 heteroatoms. The largest absolute Gasteiger partial charge is 0.467 e. The molecule has 1 N–H and O–H groups in total. The van der Waals surface area contributed by atoms with Crippen LogP contribution in [-0.2, 0) is 20.9 Å². The Kier molecular flexibility index (Phi) is 6.64. The Labute approximate surface area is 153 Å². The van der Waals surface area contributed by atoms with Gasteiger partial charge < -0.3 is 19.4 Å². The van der Waals surface area contributed by atoms with Crippen molar-refractivity contribution in [3.05, 3.63) is 64.1 Å². The molecule has 0 aliphatic rings. The van der Waals surface area contributed by atoms with E-state index in [-0.39, 0.29) is 18.7 Å². The molecule has 0 radical (unpaired) electrons.